The number of anilines is 1. The van der Waals surface area contributed by atoms with Gasteiger partial charge in [0.2, 0.25) is 0 Å². The fraction of sp³-hybridized carbons (Fsp3) is 0.500. The molecule has 0 saturated heterocycles. The number of aryl methyl sites for hydroxylation is 1. The summed E-state index contributed by atoms with van der Waals surface area (Å²) in [6.07, 6.45) is 3.40. The number of rotatable bonds is 8. The van der Waals surface area contributed by atoms with Crippen LogP contribution in [0.5, 0.6) is 0 Å². The number of hydrogen-bond donors (Lipinski definition) is 1. The summed E-state index contributed by atoms with van der Waals surface area (Å²) in [7, 11) is 3.82. The molecule has 0 amide bonds. The predicted octanol–water partition coefficient (Wildman–Crippen LogP) is 3.14. The highest BCUT2D eigenvalue weighted by Gasteiger charge is 2.12. The van der Waals surface area contributed by atoms with Crippen molar-refractivity contribution >= 4 is 17.4 Å². The van der Waals surface area contributed by atoms with Gasteiger partial charge in [-0.2, -0.15) is 0 Å². The molecule has 4 heteroatoms. The second kappa shape index (κ2) is 7.68. The smallest absolute Gasteiger partial charge is 0.335 e. The molecule has 0 fully saturated rings. The Morgan fingerprint density at radius 1 is 1.20 bits per heavy atom. The standard InChI is InChI=1S/C16H23NO3/c1-4-5-6-14(18)9-7-12-11-13(17(2)3)8-10-15(12)16(19)20/h8,10-11H,4-7,9H2,1-3H3,(H,19,20). The summed E-state index contributed by atoms with van der Waals surface area (Å²) in [6.45, 7) is 2.05. The van der Waals surface area contributed by atoms with Crippen LogP contribution in [0.2, 0.25) is 0 Å². The first-order chi connectivity index (χ1) is 9.45. The van der Waals surface area contributed by atoms with E-state index in [1.54, 1.807) is 12.1 Å². The van der Waals surface area contributed by atoms with E-state index in [9.17, 15) is 14.7 Å². The van der Waals surface area contributed by atoms with Gasteiger partial charge in [0.15, 0.2) is 0 Å². The zero-order valence-electron chi connectivity index (χ0n) is 12.5. The minimum Gasteiger partial charge on any atom is -0.478 e. The van der Waals surface area contributed by atoms with E-state index in [1.165, 1.54) is 0 Å². The first-order valence-corrected chi connectivity index (χ1v) is 7.01. The number of carbonyl (C=O) groups is 2. The van der Waals surface area contributed by atoms with Crippen LogP contribution >= 0.6 is 0 Å². The maximum absolute atomic E-state index is 11.7. The average Bonchev–Trinajstić information content (AvgIpc) is 2.42. The predicted molar refractivity (Wildman–Crippen MR) is 80.6 cm³/mol. The Balaban J connectivity index is 2.82. The van der Waals surface area contributed by atoms with E-state index in [0.29, 0.717) is 24.8 Å². The fourth-order valence-electron chi connectivity index (χ4n) is 2.05. The van der Waals surface area contributed by atoms with Gasteiger partial charge in [0, 0.05) is 32.6 Å². The highest BCUT2D eigenvalue weighted by atomic mass is 16.4. The molecule has 1 N–H and O–H groups in total. The Labute approximate surface area is 120 Å². The highest BCUT2D eigenvalue weighted by molar-refractivity contribution is 5.90. The summed E-state index contributed by atoms with van der Waals surface area (Å²) in [4.78, 5) is 24.9. The Morgan fingerprint density at radius 2 is 1.90 bits per heavy atom. The normalized spacial score (nSPS) is 10.3. The van der Waals surface area contributed by atoms with E-state index in [1.807, 2.05) is 25.1 Å². The maximum Gasteiger partial charge on any atom is 0.335 e. The number of ketones is 1. The summed E-state index contributed by atoms with van der Waals surface area (Å²) < 4.78 is 0. The second-order valence-electron chi connectivity index (χ2n) is 5.18. The molecular weight excluding hydrogens is 254 g/mol. The molecule has 0 unspecified atom stereocenters. The van der Waals surface area contributed by atoms with Crippen molar-refractivity contribution in [3.8, 4) is 0 Å². The monoisotopic (exact) mass is 277 g/mol. The Bertz CT molecular complexity index is 481. The number of carbonyl (C=O) groups excluding carboxylic acids is 1. The average molecular weight is 277 g/mol. The zero-order valence-corrected chi connectivity index (χ0v) is 12.5. The molecule has 1 aromatic rings. The van der Waals surface area contributed by atoms with E-state index >= 15 is 0 Å². The maximum atomic E-state index is 11.7. The first kappa shape index (κ1) is 16.2. The molecule has 110 valence electrons. The lowest BCUT2D eigenvalue weighted by molar-refractivity contribution is -0.119. The van der Waals surface area contributed by atoms with Gasteiger partial charge in [-0.1, -0.05) is 13.3 Å². The number of hydrogen-bond acceptors (Lipinski definition) is 3. The van der Waals surface area contributed by atoms with Crippen molar-refractivity contribution < 1.29 is 14.7 Å². The molecule has 0 aliphatic carbocycles. The first-order valence-electron chi connectivity index (χ1n) is 7.01. The number of aromatic carboxylic acids is 1. The largest absolute Gasteiger partial charge is 0.478 e. The minimum absolute atomic E-state index is 0.207. The van der Waals surface area contributed by atoms with Crippen molar-refractivity contribution in [2.75, 3.05) is 19.0 Å². The van der Waals surface area contributed by atoms with E-state index in [4.69, 9.17) is 0 Å². The molecule has 0 atom stereocenters. The van der Waals surface area contributed by atoms with Crippen molar-refractivity contribution in [2.45, 2.75) is 39.0 Å². The summed E-state index contributed by atoms with van der Waals surface area (Å²) in [5.41, 5.74) is 1.97. The van der Waals surface area contributed by atoms with Crippen LogP contribution in [0.4, 0.5) is 5.69 Å². The van der Waals surface area contributed by atoms with Crippen LogP contribution in [-0.4, -0.2) is 31.0 Å². The van der Waals surface area contributed by atoms with Gasteiger partial charge in [0.25, 0.3) is 0 Å². The van der Waals surface area contributed by atoms with Crippen molar-refractivity contribution in [3.63, 3.8) is 0 Å². The Hall–Kier alpha value is -1.84. The number of carboxylic acids is 1. The van der Waals surface area contributed by atoms with Crippen molar-refractivity contribution in [2.24, 2.45) is 0 Å². The third kappa shape index (κ3) is 4.68. The third-order valence-electron chi connectivity index (χ3n) is 3.32. The molecule has 4 nitrogen and oxygen atoms in total. The van der Waals surface area contributed by atoms with Gasteiger partial charge in [0.05, 0.1) is 5.56 Å². The molecule has 0 radical (unpaired) electrons. The van der Waals surface area contributed by atoms with Gasteiger partial charge in [-0.15, -0.1) is 0 Å². The van der Waals surface area contributed by atoms with Crippen LogP contribution in [0.1, 0.15) is 48.5 Å². The molecule has 20 heavy (non-hydrogen) atoms. The molecule has 0 aliphatic heterocycles. The van der Waals surface area contributed by atoms with E-state index < -0.39 is 5.97 Å². The zero-order chi connectivity index (χ0) is 15.1. The molecular formula is C16H23NO3. The van der Waals surface area contributed by atoms with Gasteiger partial charge in [-0.05, 0) is 36.6 Å². The lowest BCUT2D eigenvalue weighted by Gasteiger charge is -2.15. The van der Waals surface area contributed by atoms with E-state index in [-0.39, 0.29) is 5.78 Å². The molecule has 0 aromatic heterocycles. The minimum atomic E-state index is -0.939. The van der Waals surface area contributed by atoms with Gasteiger partial charge in [0.1, 0.15) is 5.78 Å². The summed E-state index contributed by atoms with van der Waals surface area (Å²) in [5, 5.41) is 9.20. The molecule has 0 heterocycles. The van der Waals surface area contributed by atoms with Crippen LogP contribution in [0.25, 0.3) is 0 Å². The SMILES string of the molecule is CCCCC(=O)CCc1cc(N(C)C)ccc1C(=O)O. The van der Waals surface area contributed by atoms with Gasteiger partial charge >= 0.3 is 5.97 Å². The Morgan fingerprint density at radius 3 is 2.45 bits per heavy atom. The van der Waals surface area contributed by atoms with Gasteiger partial charge in [-0.3, -0.25) is 4.79 Å². The lowest BCUT2D eigenvalue weighted by Crippen LogP contribution is -2.11. The third-order valence-corrected chi connectivity index (χ3v) is 3.32. The molecule has 0 aliphatic rings. The van der Waals surface area contributed by atoms with Crippen LogP contribution < -0.4 is 4.90 Å². The summed E-state index contributed by atoms with van der Waals surface area (Å²) in [6, 6.07) is 5.26. The molecule has 1 rings (SSSR count). The fourth-order valence-corrected chi connectivity index (χ4v) is 2.05. The van der Waals surface area contributed by atoms with Crippen molar-refractivity contribution in [1.29, 1.82) is 0 Å². The summed E-state index contributed by atoms with van der Waals surface area (Å²) >= 11 is 0. The molecule has 0 saturated carbocycles. The number of carboxylic acid groups (broad SMARTS) is 1. The number of unbranched alkanes of at least 4 members (excludes halogenated alkanes) is 1. The van der Waals surface area contributed by atoms with Crippen LogP contribution in [-0.2, 0) is 11.2 Å². The lowest BCUT2D eigenvalue weighted by atomic mass is 9.99. The quantitative estimate of drug-likeness (QED) is 0.793. The van der Waals surface area contributed by atoms with Crippen molar-refractivity contribution in [3.05, 3.63) is 29.3 Å². The topological polar surface area (TPSA) is 57.6 Å². The van der Waals surface area contributed by atoms with Gasteiger partial charge in [-0.25, -0.2) is 4.79 Å². The molecule has 0 spiro atoms. The second-order valence-corrected chi connectivity index (χ2v) is 5.18. The van der Waals surface area contributed by atoms with Crippen LogP contribution in [0, 0.1) is 0 Å². The van der Waals surface area contributed by atoms with Crippen molar-refractivity contribution in [1.82, 2.24) is 0 Å². The Kier molecular flexibility index (Phi) is 6.22. The number of nitrogens with zero attached hydrogens (tertiary/aromatic N) is 1. The van der Waals surface area contributed by atoms with Crippen LogP contribution in [0.3, 0.4) is 0 Å². The highest BCUT2D eigenvalue weighted by Crippen LogP contribution is 2.20. The molecule has 0 bridgehead atoms. The number of Topliss-reactive ketones (excluding diaryl/α,β-unsaturated/α-hetero) is 1. The van der Waals surface area contributed by atoms with E-state index in [0.717, 1.165) is 24.1 Å². The number of benzene rings is 1. The molecule has 1 aromatic carbocycles. The summed E-state index contributed by atoms with van der Waals surface area (Å²) in [5.74, 6) is -0.732. The van der Waals surface area contributed by atoms with E-state index in [2.05, 4.69) is 6.92 Å². The van der Waals surface area contributed by atoms with Gasteiger partial charge < -0.3 is 10.0 Å². The van der Waals surface area contributed by atoms with Crippen LogP contribution in [0.15, 0.2) is 18.2 Å².